The van der Waals surface area contributed by atoms with Crippen molar-refractivity contribution in [2.24, 2.45) is 4.99 Å². The third-order valence-electron chi connectivity index (χ3n) is 3.56. The average Bonchev–Trinajstić information content (AvgIpc) is 3.09. The molecule has 4 heteroatoms. The van der Waals surface area contributed by atoms with Gasteiger partial charge in [0.15, 0.2) is 0 Å². The molecule has 0 saturated heterocycles. The van der Waals surface area contributed by atoms with Crippen LogP contribution < -0.4 is 5.49 Å². The van der Waals surface area contributed by atoms with Gasteiger partial charge in [0.2, 0.25) is 5.91 Å². The van der Waals surface area contributed by atoms with E-state index in [4.69, 9.17) is 0 Å². The molecule has 0 atom stereocenters. The predicted octanol–water partition coefficient (Wildman–Crippen LogP) is 3.66. The Morgan fingerprint density at radius 1 is 1.00 bits per heavy atom. The number of pyridine rings is 1. The molecule has 2 aromatic heterocycles. The largest absolute Gasteiger partial charge is 0.329 e. The lowest BCUT2D eigenvalue weighted by Crippen LogP contribution is -2.22. The van der Waals surface area contributed by atoms with Crippen LogP contribution in [0.15, 0.2) is 76.5 Å². The van der Waals surface area contributed by atoms with Gasteiger partial charge in [0.05, 0.1) is 0 Å². The van der Waals surface area contributed by atoms with Crippen LogP contribution in [-0.2, 0) is 17.8 Å². The van der Waals surface area contributed by atoms with Gasteiger partial charge in [0, 0.05) is 19.2 Å². The fourth-order valence-corrected chi connectivity index (χ4v) is 3.06. The molecule has 0 aliphatic heterocycles. The first-order valence-corrected chi connectivity index (χ1v) is 8.53. The van der Waals surface area contributed by atoms with Gasteiger partial charge in [-0.2, -0.15) is 16.3 Å². The SMILES string of the molecule is O=C(CCc1ccsc1)N=c1ccccn1Cc1ccccc1. The number of carbonyl (C=O) groups excluding carboxylic acids is 1. The molecule has 1 amide bonds. The Kier molecular flexibility index (Phi) is 5.17. The summed E-state index contributed by atoms with van der Waals surface area (Å²) in [4.78, 5) is 16.4. The van der Waals surface area contributed by atoms with Crippen LogP contribution in [0.1, 0.15) is 17.5 Å². The Labute approximate surface area is 139 Å². The predicted molar refractivity (Wildman–Crippen MR) is 93.2 cm³/mol. The van der Waals surface area contributed by atoms with E-state index in [1.165, 1.54) is 11.1 Å². The summed E-state index contributed by atoms with van der Waals surface area (Å²) in [6, 6.07) is 18.0. The van der Waals surface area contributed by atoms with Crippen molar-refractivity contribution >= 4 is 17.2 Å². The summed E-state index contributed by atoms with van der Waals surface area (Å²) in [6.45, 7) is 0.707. The fourth-order valence-electron chi connectivity index (χ4n) is 2.35. The minimum Gasteiger partial charge on any atom is -0.329 e. The summed E-state index contributed by atoms with van der Waals surface area (Å²) in [5, 5.41) is 4.10. The van der Waals surface area contributed by atoms with Crippen LogP contribution in [0, 0.1) is 0 Å². The highest BCUT2D eigenvalue weighted by molar-refractivity contribution is 7.07. The molecule has 3 nitrogen and oxygen atoms in total. The summed E-state index contributed by atoms with van der Waals surface area (Å²) in [7, 11) is 0. The first kappa shape index (κ1) is 15.4. The summed E-state index contributed by atoms with van der Waals surface area (Å²) in [5.41, 5.74) is 3.08. The third kappa shape index (κ3) is 4.50. The molecule has 0 saturated carbocycles. The Hall–Kier alpha value is -2.46. The van der Waals surface area contributed by atoms with E-state index in [0.29, 0.717) is 18.5 Å². The highest BCUT2D eigenvalue weighted by Crippen LogP contribution is 2.08. The summed E-state index contributed by atoms with van der Waals surface area (Å²) in [6.07, 6.45) is 3.15. The van der Waals surface area contributed by atoms with Gasteiger partial charge < -0.3 is 4.57 Å². The molecule has 0 aliphatic rings. The molecule has 3 aromatic rings. The molecule has 23 heavy (non-hydrogen) atoms. The third-order valence-corrected chi connectivity index (χ3v) is 4.29. The highest BCUT2D eigenvalue weighted by atomic mass is 32.1. The van der Waals surface area contributed by atoms with Gasteiger partial charge in [-0.1, -0.05) is 36.4 Å². The zero-order chi connectivity index (χ0) is 15.9. The zero-order valence-electron chi connectivity index (χ0n) is 12.8. The van der Waals surface area contributed by atoms with Gasteiger partial charge in [0.25, 0.3) is 0 Å². The van der Waals surface area contributed by atoms with Gasteiger partial charge in [-0.15, -0.1) is 0 Å². The van der Waals surface area contributed by atoms with Gasteiger partial charge in [-0.3, -0.25) is 4.79 Å². The summed E-state index contributed by atoms with van der Waals surface area (Å²) >= 11 is 1.65. The zero-order valence-corrected chi connectivity index (χ0v) is 13.6. The molecular formula is C19H18N2OS. The van der Waals surface area contributed by atoms with Crippen LogP contribution in [0.3, 0.4) is 0 Å². The number of nitrogens with zero attached hydrogens (tertiary/aromatic N) is 2. The van der Waals surface area contributed by atoms with E-state index in [1.807, 2.05) is 52.5 Å². The lowest BCUT2D eigenvalue weighted by atomic mass is 10.2. The lowest BCUT2D eigenvalue weighted by Gasteiger charge is -2.07. The van der Waals surface area contributed by atoms with Crippen molar-refractivity contribution in [3.05, 3.63) is 88.2 Å². The molecule has 3 rings (SSSR count). The van der Waals surface area contributed by atoms with Crippen molar-refractivity contribution in [3.63, 3.8) is 0 Å². The molecule has 0 unspecified atom stereocenters. The van der Waals surface area contributed by atoms with Crippen LogP contribution >= 0.6 is 11.3 Å². The van der Waals surface area contributed by atoms with Gasteiger partial charge >= 0.3 is 0 Å². The maximum Gasteiger partial charge on any atom is 0.247 e. The van der Waals surface area contributed by atoms with Crippen molar-refractivity contribution in [3.8, 4) is 0 Å². The van der Waals surface area contributed by atoms with Crippen molar-refractivity contribution in [2.45, 2.75) is 19.4 Å². The van der Waals surface area contributed by atoms with Crippen molar-refractivity contribution in [2.75, 3.05) is 0 Å². The molecule has 2 heterocycles. The Morgan fingerprint density at radius 3 is 2.61 bits per heavy atom. The second-order valence-electron chi connectivity index (χ2n) is 5.31. The van der Waals surface area contributed by atoms with Gasteiger partial charge in [0.1, 0.15) is 5.49 Å². The molecule has 0 N–H and O–H groups in total. The van der Waals surface area contributed by atoms with E-state index in [1.54, 1.807) is 11.3 Å². The van der Waals surface area contributed by atoms with Crippen LogP contribution in [0.4, 0.5) is 0 Å². The van der Waals surface area contributed by atoms with Crippen LogP contribution in [0.25, 0.3) is 0 Å². The molecule has 116 valence electrons. The number of benzene rings is 1. The van der Waals surface area contributed by atoms with Crippen LogP contribution in [0.5, 0.6) is 0 Å². The van der Waals surface area contributed by atoms with Crippen molar-refractivity contribution in [1.29, 1.82) is 0 Å². The summed E-state index contributed by atoms with van der Waals surface area (Å²) < 4.78 is 2.00. The summed E-state index contributed by atoms with van der Waals surface area (Å²) in [5.74, 6) is -0.0794. The molecular weight excluding hydrogens is 304 g/mol. The standard InChI is InChI=1S/C19H18N2OS/c22-19(10-9-17-11-13-23-15-17)20-18-8-4-5-12-21(18)14-16-6-2-1-3-7-16/h1-8,11-13,15H,9-10,14H2. The minimum atomic E-state index is -0.0794. The van der Waals surface area contributed by atoms with E-state index >= 15 is 0 Å². The second-order valence-corrected chi connectivity index (χ2v) is 6.09. The number of hydrogen-bond acceptors (Lipinski definition) is 2. The van der Waals surface area contributed by atoms with Crippen LogP contribution in [-0.4, -0.2) is 10.5 Å². The van der Waals surface area contributed by atoms with Gasteiger partial charge in [-0.25, -0.2) is 0 Å². The number of rotatable bonds is 5. The minimum absolute atomic E-state index is 0.0794. The van der Waals surface area contributed by atoms with Crippen molar-refractivity contribution in [1.82, 2.24) is 4.57 Å². The normalized spacial score (nSPS) is 11.6. The number of hydrogen-bond donors (Lipinski definition) is 0. The molecule has 0 radical (unpaired) electrons. The first-order chi connectivity index (χ1) is 11.3. The number of carbonyl (C=O) groups is 1. The molecule has 1 aromatic carbocycles. The Balaban J connectivity index is 1.75. The maximum absolute atomic E-state index is 12.1. The van der Waals surface area contributed by atoms with E-state index in [9.17, 15) is 4.79 Å². The highest BCUT2D eigenvalue weighted by Gasteiger charge is 2.02. The first-order valence-electron chi connectivity index (χ1n) is 7.59. The number of aryl methyl sites for hydroxylation is 1. The fraction of sp³-hybridized carbons (Fsp3) is 0.158. The van der Waals surface area contributed by atoms with Gasteiger partial charge in [-0.05, 0) is 46.5 Å². The Morgan fingerprint density at radius 2 is 1.83 bits per heavy atom. The topological polar surface area (TPSA) is 34.4 Å². The second kappa shape index (κ2) is 7.70. The average molecular weight is 322 g/mol. The lowest BCUT2D eigenvalue weighted by molar-refractivity contribution is -0.118. The number of thiophene rings is 1. The van der Waals surface area contributed by atoms with E-state index in [-0.39, 0.29) is 5.91 Å². The smallest absolute Gasteiger partial charge is 0.247 e. The monoisotopic (exact) mass is 322 g/mol. The van der Waals surface area contributed by atoms with Crippen LogP contribution in [0.2, 0.25) is 0 Å². The molecule has 0 bridgehead atoms. The Bertz CT molecular complexity index is 820. The molecule has 0 aliphatic carbocycles. The van der Waals surface area contributed by atoms with Crippen molar-refractivity contribution < 1.29 is 4.79 Å². The maximum atomic E-state index is 12.1. The molecule has 0 spiro atoms. The van der Waals surface area contributed by atoms with E-state index in [2.05, 4.69) is 28.6 Å². The quantitative estimate of drug-likeness (QED) is 0.706. The van der Waals surface area contributed by atoms with E-state index in [0.717, 1.165) is 6.42 Å². The van der Waals surface area contributed by atoms with E-state index < -0.39 is 0 Å². The number of amides is 1. The molecule has 0 fully saturated rings. The number of aromatic nitrogens is 1.